The van der Waals surface area contributed by atoms with Crippen molar-refractivity contribution < 1.29 is 9.84 Å². The maximum Gasteiger partial charge on any atom is 0.127 e. The van der Waals surface area contributed by atoms with Crippen molar-refractivity contribution >= 4 is 34.4 Å². The number of aliphatic hydroxyl groups is 1. The Morgan fingerprint density at radius 1 is 1.09 bits per heavy atom. The van der Waals surface area contributed by atoms with Gasteiger partial charge in [-0.25, -0.2) is 4.98 Å². The first kappa shape index (κ1) is 24.2. The first-order valence-electron chi connectivity index (χ1n) is 12.3. The smallest absolute Gasteiger partial charge is 0.127 e. The van der Waals surface area contributed by atoms with Gasteiger partial charge in [-0.15, -0.1) is 11.8 Å². The highest BCUT2D eigenvalue weighted by Crippen LogP contribution is 2.39. The topological polar surface area (TPSA) is 58.1 Å². The minimum atomic E-state index is -0.0198. The van der Waals surface area contributed by atoms with Gasteiger partial charge in [0.25, 0.3) is 0 Å². The van der Waals surface area contributed by atoms with Gasteiger partial charge in [0, 0.05) is 34.3 Å². The molecule has 2 N–H and O–H groups in total. The molecule has 0 saturated heterocycles. The number of benzene rings is 3. The van der Waals surface area contributed by atoms with Crippen LogP contribution in [-0.2, 0) is 0 Å². The Hall–Kier alpha value is -2.47. The van der Waals surface area contributed by atoms with Gasteiger partial charge >= 0.3 is 0 Å². The quantitative estimate of drug-likeness (QED) is 0.216. The van der Waals surface area contributed by atoms with Crippen molar-refractivity contribution in [2.45, 2.75) is 50.0 Å². The summed E-state index contributed by atoms with van der Waals surface area (Å²) in [7, 11) is 0. The predicted octanol–water partition coefficient (Wildman–Crippen LogP) is 7.69. The normalized spacial score (nSPS) is 14.5. The average Bonchev–Trinajstić information content (AvgIpc) is 3.59. The lowest BCUT2D eigenvalue weighted by Gasteiger charge is -2.15. The third kappa shape index (κ3) is 5.69. The van der Waals surface area contributed by atoms with Crippen molar-refractivity contribution in [1.29, 1.82) is 0 Å². The van der Waals surface area contributed by atoms with Crippen molar-refractivity contribution in [3.8, 4) is 16.9 Å². The SMILES string of the molecule is CC(C)Oc1ccccc1-c1cc2nc(C(CCO)c3ccc(SCC4CC4)cc3)[nH]c2cc1Cl. The molecule has 0 radical (unpaired) electrons. The molecule has 1 fully saturated rings. The van der Waals surface area contributed by atoms with E-state index in [1.54, 1.807) is 0 Å². The summed E-state index contributed by atoms with van der Waals surface area (Å²) in [5.41, 5.74) is 4.72. The van der Waals surface area contributed by atoms with Gasteiger partial charge in [0.15, 0.2) is 0 Å². The minimum Gasteiger partial charge on any atom is -0.490 e. The zero-order valence-corrected chi connectivity index (χ0v) is 21.7. The number of para-hydroxylation sites is 1. The van der Waals surface area contributed by atoms with Crippen LogP contribution in [0, 0.1) is 5.92 Å². The van der Waals surface area contributed by atoms with Crippen molar-refractivity contribution in [3.05, 3.63) is 77.1 Å². The summed E-state index contributed by atoms with van der Waals surface area (Å²) in [6.07, 6.45) is 3.41. The molecule has 1 aromatic heterocycles. The molecule has 0 amide bonds. The molecule has 182 valence electrons. The fourth-order valence-corrected chi connectivity index (χ4v) is 5.71. The number of nitrogens with zero attached hydrogens (tertiary/aromatic N) is 1. The van der Waals surface area contributed by atoms with Gasteiger partial charge in [0.2, 0.25) is 0 Å². The highest BCUT2D eigenvalue weighted by Gasteiger charge is 2.22. The van der Waals surface area contributed by atoms with Crippen LogP contribution < -0.4 is 4.74 Å². The number of thioether (sulfide) groups is 1. The third-order valence-electron chi connectivity index (χ3n) is 6.34. The van der Waals surface area contributed by atoms with E-state index in [9.17, 15) is 5.11 Å². The molecule has 1 unspecified atom stereocenters. The summed E-state index contributed by atoms with van der Waals surface area (Å²) in [6.45, 7) is 4.12. The third-order valence-corrected chi connectivity index (χ3v) is 7.90. The zero-order chi connectivity index (χ0) is 24.4. The van der Waals surface area contributed by atoms with Gasteiger partial charge in [-0.05, 0) is 74.9 Å². The predicted molar refractivity (Wildman–Crippen MR) is 146 cm³/mol. The Morgan fingerprint density at radius 2 is 1.86 bits per heavy atom. The molecular formula is C29H31ClN2O2S. The van der Waals surface area contributed by atoms with E-state index < -0.39 is 0 Å². The van der Waals surface area contributed by atoms with Crippen molar-refractivity contribution in [3.63, 3.8) is 0 Å². The summed E-state index contributed by atoms with van der Waals surface area (Å²) in [5, 5.41) is 10.4. The molecule has 1 aliphatic carbocycles. The number of aromatic amines is 1. The number of fused-ring (bicyclic) bond motifs is 1. The fraction of sp³-hybridized carbons (Fsp3) is 0.345. The highest BCUT2D eigenvalue weighted by molar-refractivity contribution is 7.99. The van der Waals surface area contributed by atoms with Crippen LogP contribution in [0.3, 0.4) is 0 Å². The van der Waals surface area contributed by atoms with Crippen LogP contribution in [0.25, 0.3) is 22.2 Å². The largest absolute Gasteiger partial charge is 0.490 e. The maximum atomic E-state index is 9.80. The Bertz CT molecular complexity index is 1300. The van der Waals surface area contributed by atoms with E-state index in [1.807, 2.05) is 62.0 Å². The van der Waals surface area contributed by atoms with E-state index in [0.29, 0.717) is 11.4 Å². The first-order valence-corrected chi connectivity index (χ1v) is 13.7. The average molecular weight is 507 g/mol. The van der Waals surface area contributed by atoms with Crippen molar-refractivity contribution in [1.82, 2.24) is 9.97 Å². The van der Waals surface area contributed by atoms with Crippen molar-refractivity contribution in [2.75, 3.05) is 12.4 Å². The second kappa shape index (κ2) is 10.7. The van der Waals surface area contributed by atoms with E-state index in [-0.39, 0.29) is 18.6 Å². The molecule has 35 heavy (non-hydrogen) atoms. The molecule has 1 heterocycles. The number of H-pyrrole nitrogens is 1. The van der Waals surface area contributed by atoms with Gasteiger partial charge in [0.05, 0.1) is 22.2 Å². The van der Waals surface area contributed by atoms with E-state index >= 15 is 0 Å². The van der Waals surface area contributed by atoms with Gasteiger partial charge in [0.1, 0.15) is 11.6 Å². The molecule has 0 spiro atoms. The number of aliphatic hydroxyl groups excluding tert-OH is 1. The lowest BCUT2D eigenvalue weighted by atomic mass is 9.95. The number of rotatable bonds is 10. The van der Waals surface area contributed by atoms with E-state index in [4.69, 9.17) is 21.3 Å². The molecule has 5 rings (SSSR count). The Labute approximate surface area is 216 Å². The number of ether oxygens (including phenoxy) is 1. The van der Waals surface area contributed by atoms with Crippen LogP contribution in [0.4, 0.5) is 0 Å². The molecule has 1 aliphatic rings. The summed E-state index contributed by atoms with van der Waals surface area (Å²) in [4.78, 5) is 9.71. The van der Waals surface area contributed by atoms with Crippen LogP contribution >= 0.6 is 23.4 Å². The summed E-state index contributed by atoms with van der Waals surface area (Å²) >= 11 is 8.67. The lowest BCUT2D eigenvalue weighted by molar-refractivity contribution is 0.243. The Balaban J connectivity index is 1.46. The fourth-order valence-electron chi connectivity index (χ4n) is 4.35. The van der Waals surface area contributed by atoms with Gasteiger partial charge in [-0.2, -0.15) is 0 Å². The van der Waals surface area contributed by atoms with Crippen molar-refractivity contribution in [2.24, 2.45) is 5.92 Å². The molecule has 1 atom stereocenters. The monoisotopic (exact) mass is 506 g/mol. The van der Waals surface area contributed by atoms with Crippen LogP contribution in [-0.4, -0.2) is 33.5 Å². The zero-order valence-electron chi connectivity index (χ0n) is 20.1. The first-order chi connectivity index (χ1) is 17.0. The van der Waals surface area contributed by atoms with E-state index in [1.165, 1.54) is 23.5 Å². The van der Waals surface area contributed by atoms with Crippen LogP contribution in [0.5, 0.6) is 5.75 Å². The number of hydrogen-bond donors (Lipinski definition) is 2. The number of hydrogen-bond acceptors (Lipinski definition) is 4. The highest BCUT2D eigenvalue weighted by atomic mass is 35.5. The molecule has 0 bridgehead atoms. The Kier molecular flexibility index (Phi) is 7.37. The summed E-state index contributed by atoms with van der Waals surface area (Å²) in [6, 6.07) is 20.6. The van der Waals surface area contributed by atoms with Gasteiger partial charge < -0.3 is 14.8 Å². The molecule has 3 aromatic carbocycles. The molecule has 4 nitrogen and oxygen atoms in total. The molecule has 6 heteroatoms. The lowest BCUT2D eigenvalue weighted by Crippen LogP contribution is -2.06. The maximum absolute atomic E-state index is 9.80. The van der Waals surface area contributed by atoms with Crippen LogP contribution in [0.2, 0.25) is 5.02 Å². The number of imidazole rings is 1. The number of nitrogens with one attached hydrogen (secondary N) is 1. The second-order valence-electron chi connectivity index (χ2n) is 9.52. The number of halogens is 1. The Morgan fingerprint density at radius 3 is 2.57 bits per heavy atom. The molecule has 1 saturated carbocycles. The standard InChI is InChI=1S/C29H31ClN2O2S/c1-18(2)34-28-6-4-3-5-23(28)24-15-26-27(16-25(24)30)32-29(31-26)22(13-14-33)20-9-11-21(12-10-20)35-17-19-7-8-19/h3-6,9-12,15-16,18-19,22,33H,7-8,13-14,17H2,1-2H3,(H,31,32). The number of aromatic nitrogens is 2. The second-order valence-corrected chi connectivity index (χ2v) is 11.0. The molecule has 0 aliphatic heterocycles. The molecular weight excluding hydrogens is 476 g/mol. The molecule has 4 aromatic rings. The van der Waals surface area contributed by atoms with Gasteiger partial charge in [-0.3, -0.25) is 0 Å². The van der Waals surface area contributed by atoms with E-state index in [2.05, 4.69) is 29.2 Å². The van der Waals surface area contributed by atoms with E-state index in [0.717, 1.165) is 45.2 Å². The summed E-state index contributed by atoms with van der Waals surface area (Å²) < 4.78 is 6.03. The minimum absolute atomic E-state index is 0.0198. The van der Waals surface area contributed by atoms with Crippen LogP contribution in [0.1, 0.15) is 50.4 Å². The van der Waals surface area contributed by atoms with Gasteiger partial charge in [-0.1, -0.05) is 41.9 Å². The van der Waals surface area contributed by atoms with Crippen LogP contribution in [0.15, 0.2) is 65.6 Å². The summed E-state index contributed by atoms with van der Waals surface area (Å²) in [5.74, 6) is 3.73.